The zero-order chi connectivity index (χ0) is 16.9. The van der Waals surface area contributed by atoms with Gasteiger partial charge in [0.2, 0.25) is 0 Å². The van der Waals surface area contributed by atoms with Crippen molar-refractivity contribution in [1.29, 1.82) is 0 Å². The Bertz CT molecular complexity index is 529. The molecule has 4 nitrogen and oxygen atoms in total. The van der Waals surface area contributed by atoms with Crippen LogP contribution in [0.2, 0.25) is 0 Å². The Morgan fingerprint density at radius 3 is 2.18 bits per heavy atom. The third-order valence-corrected chi connectivity index (χ3v) is 2.84. The maximum atomic E-state index is 13.6. The fraction of sp³-hybridized carbons (Fsp3) is 0.500. The van der Waals surface area contributed by atoms with E-state index in [0.29, 0.717) is 0 Å². The zero-order valence-corrected chi connectivity index (χ0v) is 13.1. The van der Waals surface area contributed by atoms with Crippen LogP contribution < -0.4 is 0 Å². The van der Waals surface area contributed by atoms with Gasteiger partial charge in [0.05, 0.1) is 5.41 Å². The molecule has 0 saturated carbocycles. The van der Waals surface area contributed by atoms with Gasteiger partial charge in [-0.1, -0.05) is 6.07 Å². The number of carbonyl (C=O) groups is 2. The van der Waals surface area contributed by atoms with Gasteiger partial charge in [-0.05, 0) is 32.9 Å². The molecule has 0 fully saturated rings. The fourth-order valence-corrected chi connectivity index (χ4v) is 1.71. The van der Waals surface area contributed by atoms with Crippen LogP contribution in [0.25, 0.3) is 0 Å². The smallest absolute Gasteiger partial charge is 0.311 e. The number of benzene rings is 1. The summed E-state index contributed by atoms with van der Waals surface area (Å²) in [7, 11) is 0. The molecule has 6 heteroatoms. The molecule has 0 amide bonds. The summed E-state index contributed by atoms with van der Waals surface area (Å²) in [5.41, 5.74) is -0.926. The predicted octanol–water partition coefficient (Wildman–Crippen LogP) is 3.03. The molecule has 0 bridgehead atoms. The summed E-state index contributed by atoms with van der Waals surface area (Å²) in [6.45, 7) is 5.94. The largest absolute Gasteiger partial charge is 0.461 e. The number of ether oxygens (including phenoxy) is 2. The lowest BCUT2D eigenvalue weighted by Gasteiger charge is -2.21. The quantitative estimate of drug-likeness (QED) is 0.784. The van der Waals surface area contributed by atoms with E-state index >= 15 is 0 Å². The number of carbonyl (C=O) groups excluding carboxylic acids is 2. The minimum absolute atomic E-state index is 0.208. The van der Waals surface area contributed by atoms with Crippen molar-refractivity contribution in [3.63, 3.8) is 0 Å². The van der Waals surface area contributed by atoms with Crippen LogP contribution in [-0.2, 0) is 25.5 Å². The molecule has 0 aromatic heterocycles. The van der Waals surface area contributed by atoms with Crippen molar-refractivity contribution < 1.29 is 27.8 Å². The topological polar surface area (TPSA) is 52.6 Å². The lowest BCUT2D eigenvalue weighted by atomic mass is 9.97. The van der Waals surface area contributed by atoms with E-state index in [0.717, 1.165) is 12.1 Å². The maximum absolute atomic E-state index is 13.6. The van der Waals surface area contributed by atoms with Crippen LogP contribution in [0.5, 0.6) is 0 Å². The van der Waals surface area contributed by atoms with Gasteiger partial charge in [-0.15, -0.1) is 0 Å². The molecule has 0 aliphatic rings. The van der Waals surface area contributed by atoms with E-state index in [1.54, 1.807) is 20.8 Å². The van der Waals surface area contributed by atoms with Gasteiger partial charge in [-0.2, -0.15) is 0 Å². The Morgan fingerprint density at radius 1 is 1.18 bits per heavy atom. The summed E-state index contributed by atoms with van der Waals surface area (Å²) in [6, 6.07) is 3.48. The second-order valence-electron chi connectivity index (χ2n) is 5.98. The minimum atomic E-state index is -0.949. The van der Waals surface area contributed by atoms with Crippen molar-refractivity contribution in [3.8, 4) is 0 Å². The van der Waals surface area contributed by atoms with Gasteiger partial charge in [0, 0.05) is 18.9 Å². The average Bonchev–Trinajstić information content (AvgIpc) is 2.38. The molecular formula is C16H20F2O4. The monoisotopic (exact) mass is 314 g/mol. The van der Waals surface area contributed by atoms with Crippen LogP contribution in [0.4, 0.5) is 8.78 Å². The lowest BCUT2D eigenvalue weighted by molar-refractivity contribution is -0.162. The summed E-state index contributed by atoms with van der Waals surface area (Å²) in [5.74, 6) is -2.58. The molecule has 1 aromatic rings. The van der Waals surface area contributed by atoms with Gasteiger partial charge in [0.15, 0.2) is 0 Å². The van der Waals surface area contributed by atoms with Crippen LogP contribution in [0.3, 0.4) is 0 Å². The van der Waals surface area contributed by atoms with E-state index in [2.05, 4.69) is 0 Å². The predicted molar refractivity (Wildman–Crippen MR) is 76.0 cm³/mol. The molecule has 0 radical (unpaired) electrons. The lowest BCUT2D eigenvalue weighted by Crippen LogP contribution is -2.31. The summed E-state index contributed by atoms with van der Waals surface area (Å²) in [4.78, 5) is 22.8. The molecule has 0 spiro atoms. The van der Waals surface area contributed by atoms with Crippen molar-refractivity contribution in [2.24, 2.45) is 5.41 Å². The fourth-order valence-electron chi connectivity index (χ4n) is 1.71. The SMILES string of the molecule is CC(=O)OC(COC(=O)C(C)(C)C)Cc1c(F)cccc1F. The Balaban J connectivity index is 2.81. The molecule has 122 valence electrons. The highest BCUT2D eigenvalue weighted by atomic mass is 19.1. The summed E-state index contributed by atoms with van der Waals surface area (Å²) < 4.78 is 37.3. The highest BCUT2D eigenvalue weighted by Gasteiger charge is 2.26. The second-order valence-corrected chi connectivity index (χ2v) is 5.98. The van der Waals surface area contributed by atoms with Crippen molar-refractivity contribution >= 4 is 11.9 Å². The van der Waals surface area contributed by atoms with Gasteiger partial charge < -0.3 is 9.47 Å². The van der Waals surface area contributed by atoms with E-state index in [4.69, 9.17) is 9.47 Å². The van der Waals surface area contributed by atoms with Crippen LogP contribution in [0.15, 0.2) is 18.2 Å². The first-order valence-corrected chi connectivity index (χ1v) is 6.88. The number of hydrogen-bond acceptors (Lipinski definition) is 4. The van der Waals surface area contributed by atoms with Gasteiger partial charge in [-0.25, -0.2) is 8.78 Å². The zero-order valence-electron chi connectivity index (χ0n) is 13.1. The third-order valence-electron chi connectivity index (χ3n) is 2.84. The van der Waals surface area contributed by atoms with Crippen molar-refractivity contribution in [2.75, 3.05) is 6.61 Å². The summed E-state index contributed by atoms with van der Waals surface area (Å²) in [6.07, 6.45) is -1.16. The highest BCUT2D eigenvalue weighted by molar-refractivity contribution is 5.75. The summed E-state index contributed by atoms with van der Waals surface area (Å²) >= 11 is 0. The van der Waals surface area contributed by atoms with Crippen molar-refractivity contribution in [2.45, 2.75) is 40.2 Å². The molecule has 0 aliphatic heterocycles. The van der Waals surface area contributed by atoms with Gasteiger partial charge >= 0.3 is 11.9 Å². The molecule has 1 atom stereocenters. The first-order valence-electron chi connectivity index (χ1n) is 6.88. The number of hydrogen-bond donors (Lipinski definition) is 0. The molecular weight excluding hydrogens is 294 g/mol. The molecule has 22 heavy (non-hydrogen) atoms. The average molecular weight is 314 g/mol. The number of esters is 2. The Morgan fingerprint density at radius 2 is 1.73 bits per heavy atom. The molecule has 1 aromatic carbocycles. The Kier molecular flexibility index (Phi) is 6.02. The third kappa shape index (κ3) is 5.42. The molecule has 1 rings (SSSR count). The van der Waals surface area contributed by atoms with E-state index in [1.165, 1.54) is 13.0 Å². The first-order chi connectivity index (χ1) is 10.1. The van der Waals surface area contributed by atoms with Crippen LogP contribution in [0.1, 0.15) is 33.3 Å². The van der Waals surface area contributed by atoms with E-state index in [9.17, 15) is 18.4 Å². The van der Waals surface area contributed by atoms with E-state index in [-0.39, 0.29) is 18.6 Å². The number of halogens is 2. The standard InChI is InChI=1S/C16H20F2O4/c1-10(19)22-11(9-21-15(20)16(2,3)4)8-12-13(17)6-5-7-14(12)18/h5-7,11H,8-9H2,1-4H3. The number of rotatable bonds is 5. The van der Waals surface area contributed by atoms with E-state index in [1.807, 2.05) is 0 Å². The Hall–Kier alpha value is -1.98. The molecule has 0 saturated heterocycles. The van der Waals surface area contributed by atoms with Gasteiger partial charge in [0.25, 0.3) is 0 Å². The van der Waals surface area contributed by atoms with E-state index < -0.39 is 35.1 Å². The van der Waals surface area contributed by atoms with Crippen molar-refractivity contribution in [3.05, 3.63) is 35.4 Å². The van der Waals surface area contributed by atoms with Gasteiger partial charge in [-0.3, -0.25) is 9.59 Å². The Labute approximate surface area is 128 Å². The molecule has 0 N–H and O–H groups in total. The molecule has 0 aliphatic carbocycles. The van der Waals surface area contributed by atoms with Gasteiger partial charge in [0.1, 0.15) is 24.3 Å². The summed E-state index contributed by atoms with van der Waals surface area (Å²) in [5, 5.41) is 0. The first kappa shape index (κ1) is 18.1. The van der Waals surface area contributed by atoms with Crippen LogP contribution in [-0.4, -0.2) is 24.6 Å². The molecule has 1 unspecified atom stereocenters. The minimum Gasteiger partial charge on any atom is -0.461 e. The highest BCUT2D eigenvalue weighted by Crippen LogP contribution is 2.18. The van der Waals surface area contributed by atoms with Crippen molar-refractivity contribution in [1.82, 2.24) is 0 Å². The second kappa shape index (κ2) is 7.33. The van der Waals surface area contributed by atoms with Crippen LogP contribution >= 0.6 is 0 Å². The van der Waals surface area contributed by atoms with Crippen LogP contribution in [0, 0.1) is 17.0 Å². The molecule has 0 heterocycles. The normalized spacial score (nSPS) is 12.6. The maximum Gasteiger partial charge on any atom is 0.311 e.